The Hall–Kier alpha value is -2.84. The second-order valence-electron chi connectivity index (χ2n) is 17.4. The van der Waals surface area contributed by atoms with Crippen molar-refractivity contribution in [2.75, 3.05) is 40.9 Å². The molecule has 0 aliphatic heterocycles. The maximum Gasteiger partial charge on any atom is 0.472 e. The van der Waals surface area contributed by atoms with Gasteiger partial charge in [0, 0.05) is 6.42 Å². The number of phosphoric ester groups is 1. The molecule has 0 bridgehead atoms. The van der Waals surface area contributed by atoms with Crippen LogP contribution < -0.4 is 5.32 Å². The number of amides is 1. The summed E-state index contributed by atoms with van der Waals surface area (Å²) in [5.41, 5.74) is 0. The molecule has 0 aromatic heterocycles. The van der Waals surface area contributed by atoms with Crippen LogP contribution in [0.2, 0.25) is 0 Å². The number of likely N-dealkylation sites (N-methyl/N-ethyl adjacent to an activating group) is 1. The predicted molar refractivity (Wildman–Crippen MR) is 272 cm³/mol. The topological polar surface area (TPSA) is 105 Å². The number of nitrogens with zero attached hydrogens (tertiary/aromatic N) is 1. The van der Waals surface area contributed by atoms with Crippen LogP contribution in [0.15, 0.2) is 109 Å². The van der Waals surface area contributed by atoms with Gasteiger partial charge >= 0.3 is 7.82 Å². The molecule has 0 rings (SSSR count). The van der Waals surface area contributed by atoms with Crippen LogP contribution in [0.3, 0.4) is 0 Å². The van der Waals surface area contributed by atoms with Gasteiger partial charge in [0.05, 0.1) is 39.9 Å². The van der Waals surface area contributed by atoms with E-state index >= 15 is 0 Å². The maximum atomic E-state index is 12.9. The van der Waals surface area contributed by atoms with E-state index in [0.717, 1.165) is 103 Å². The molecule has 0 spiro atoms. The number of quaternary nitrogens is 1. The Kier molecular flexibility index (Phi) is 42.4. The van der Waals surface area contributed by atoms with Crippen LogP contribution in [0.5, 0.6) is 0 Å². The van der Waals surface area contributed by atoms with E-state index in [4.69, 9.17) is 9.05 Å². The van der Waals surface area contributed by atoms with Crippen molar-refractivity contribution in [2.24, 2.45) is 0 Å². The molecule has 8 nitrogen and oxygen atoms in total. The maximum absolute atomic E-state index is 12.9. The smallest absolute Gasteiger partial charge is 0.387 e. The van der Waals surface area contributed by atoms with E-state index < -0.39 is 20.0 Å². The van der Waals surface area contributed by atoms with E-state index in [9.17, 15) is 19.4 Å². The average Bonchev–Trinajstić information content (AvgIpc) is 3.24. The summed E-state index contributed by atoms with van der Waals surface area (Å²) in [5, 5.41) is 13.8. The number of hydrogen-bond donors (Lipinski definition) is 3. The summed E-state index contributed by atoms with van der Waals surface area (Å²) in [7, 11) is 1.52. The Labute approximate surface area is 387 Å². The van der Waals surface area contributed by atoms with Gasteiger partial charge in [-0.1, -0.05) is 181 Å². The lowest BCUT2D eigenvalue weighted by Crippen LogP contribution is -2.45. The second kappa shape index (κ2) is 44.4. The molecule has 360 valence electrons. The largest absolute Gasteiger partial charge is 0.472 e. The van der Waals surface area contributed by atoms with Crippen LogP contribution in [0.4, 0.5) is 0 Å². The normalized spacial score (nSPS) is 15.1. The van der Waals surface area contributed by atoms with Crippen molar-refractivity contribution in [1.29, 1.82) is 0 Å². The molecule has 1 amide bonds. The standard InChI is InChI=1S/C54H93N2O6P/c1-6-8-10-12-14-16-18-20-22-23-24-25-26-27-28-29-30-31-32-33-34-36-38-40-42-44-46-48-54(58)55-52(51-62-63(59,60)61-50-49-56(3,4)5)53(57)47-45-43-41-39-37-35-21-19-17-15-13-11-9-7-2/h8,10,14,16-17,19-20,22,24-25,27-28,30-31,37,39,45,47,52-53,57H,6-7,9,11-13,15,18,21,23,26,29,32-36,38,40-44,46,48-51H2,1-5H3,(H-,55,58,59,60)/p+1/b10-8-,16-14-,19-17+,22-20-,25-24-,28-27-,31-30-,39-37+,47-45+. The first-order valence-corrected chi connectivity index (χ1v) is 26.3. The minimum Gasteiger partial charge on any atom is -0.387 e. The zero-order valence-electron chi connectivity index (χ0n) is 40.8. The fourth-order valence-corrected chi connectivity index (χ4v) is 7.05. The summed E-state index contributed by atoms with van der Waals surface area (Å²) in [4.78, 5) is 23.2. The Morgan fingerprint density at radius 2 is 0.968 bits per heavy atom. The summed E-state index contributed by atoms with van der Waals surface area (Å²) in [5.74, 6) is -0.206. The molecule has 0 aliphatic carbocycles. The molecular weight excluding hydrogens is 804 g/mol. The summed E-state index contributed by atoms with van der Waals surface area (Å²) < 4.78 is 23.6. The Balaban J connectivity index is 4.36. The lowest BCUT2D eigenvalue weighted by Gasteiger charge is -2.25. The molecule has 9 heteroatoms. The SMILES string of the molecule is CC/C=C\C/C=C\C/C=C\C/C=C\C/C=C\C/C=C\CCCCCCCCCCC(=O)NC(COP(=O)(O)OCC[N+](C)(C)C)C(O)/C=C/CC/C=C/CC/C=C/CCCCCC. The molecular formula is C54H94N2O6P+. The third kappa shape index (κ3) is 47.0. The quantitative estimate of drug-likeness (QED) is 0.0244. The molecule has 3 atom stereocenters. The van der Waals surface area contributed by atoms with Crippen molar-refractivity contribution in [3.8, 4) is 0 Å². The van der Waals surface area contributed by atoms with Crippen molar-refractivity contribution in [1.82, 2.24) is 5.32 Å². The molecule has 0 aromatic carbocycles. The highest BCUT2D eigenvalue weighted by Gasteiger charge is 2.27. The fraction of sp³-hybridized carbons (Fsp3) is 0.648. The lowest BCUT2D eigenvalue weighted by atomic mass is 10.1. The fourth-order valence-electron chi connectivity index (χ4n) is 6.31. The van der Waals surface area contributed by atoms with Crippen molar-refractivity contribution < 1.29 is 32.9 Å². The van der Waals surface area contributed by atoms with Gasteiger partial charge in [-0.2, -0.15) is 0 Å². The molecule has 0 aliphatic rings. The third-order valence-electron chi connectivity index (χ3n) is 10.2. The van der Waals surface area contributed by atoms with Crippen LogP contribution in [-0.2, 0) is 18.4 Å². The van der Waals surface area contributed by atoms with Gasteiger partial charge in [-0.3, -0.25) is 13.8 Å². The first-order valence-electron chi connectivity index (χ1n) is 24.8. The third-order valence-corrected chi connectivity index (χ3v) is 11.2. The van der Waals surface area contributed by atoms with E-state index in [1.165, 1.54) is 51.4 Å². The summed E-state index contributed by atoms with van der Waals surface area (Å²) in [6.07, 6.45) is 64.5. The molecule has 0 heterocycles. The summed E-state index contributed by atoms with van der Waals surface area (Å²) >= 11 is 0. The number of aliphatic hydroxyl groups excluding tert-OH is 1. The van der Waals surface area contributed by atoms with E-state index in [0.29, 0.717) is 17.4 Å². The minimum atomic E-state index is -4.36. The van der Waals surface area contributed by atoms with Gasteiger partial charge in [-0.15, -0.1) is 0 Å². The first kappa shape index (κ1) is 60.2. The second-order valence-corrected chi connectivity index (χ2v) is 18.9. The van der Waals surface area contributed by atoms with Gasteiger partial charge in [-0.25, -0.2) is 4.57 Å². The molecule has 0 saturated heterocycles. The number of carbonyl (C=O) groups excluding carboxylic acids is 1. The molecule has 3 N–H and O–H groups in total. The average molecular weight is 898 g/mol. The molecule has 0 aromatic rings. The van der Waals surface area contributed by atoms with Crippen molar-refractivity contribution in [3.63, 3.8) is 0 Å². The Morgan fingerprint density at radius 3 is 1.46 bits per heavy atom. The van der Waals surface area contributed by atoms with Gasteiger partial charge in [0.2, 0.25) is 5.91 Å². The monoisotopic (exact) mass is 898 g/mol. The number of carbonyl (C=O) groups is 1. The summed E-state index contributed by atoms with van der Waals surface area (Å²) in [6, 6.07) is -0.881. The van der Waals surface area contributed by atoms with E-state index in [-0.39, 0.29) is 19.1 Å². The zero-order chi connectivity index (χ0) is 46.4. The van der Waals surface area contributed by atoms with Crippen LogP contribution in [0, 0.1) is 0 Å². The van der Waals surface area contributed by atoms with Gasteiger partial charge in [-0.05, 0) is 96.3 Å². The number of aliphatic hydroxyl groups is 1. The zero-order valence-corrected chi connectivity index (χ0v) is 41.7. The summed E-state index contributed by atoms with van der Waals surface area (Å²) in [6.45, 7) is 4.61. The number of unbranched alkanes of at least 4 members (excludes halogenated alkanes) is 14. The first-order chi connectivity index (χ1) is 30.5. The van der Waals surface area contributed by atoms with Crippen molar-refractivity contribution >= 4 is 13.7 Å². The van der Waals surface area contributed by atoms with E-state index in [1.807, 2.05) is 27.2 Å². The molecule has 0 saturated carbocycles. The predicted octanol–water partition coefficient (Wildman–Crippen LogP) is 14.5. The van der Waals surface area contributed by atoms with Gasteiger partial charge in [0.15, 0.2) is 0 Å². The lowest BCUT2D eigenvalue weighted by molar-refractivity contribution is -0.870. The molecule has 3 unspecified atom stereocenters. The Morgan fingerprint density at radius 1 is 0.556 bits per heavy atom. The van der Waals surface area contributed by atoms with Gasteiger partial charge < -0.3 is 19.8 Å². The van der Waals surface area contributed by atoms with Crippen LogP contribution in [0.25, 0.3) is 0 Å². The number of allylic oxidation sites excluding steroid dienone is 17. The van der Waals surface area contributed by atoms with E-state index in [2.05, 4.69) is 116 Å². The van der Waals surface area contributed by atoms with Crippen molar-refractivity contribution in [2.45, 2.75) is 187 Å². The van der Waals surface area contributed by atoms with Crippen LogP contribution >= 0.6 is 7.82 Å². The van der Waals surface area contributed by atoms with Gasteiger partial charge in [0.25, 0.3) is 0 Å². The van der Waals surface area contributed by atoms with E-state index in [1.54, 1.807) is 6.08 Å². The highest BCUT2D eigenvalue weighted by Crippen LogP contribution is 2.43. The van der Waals surface area contributed by atoms with Crippen molar-refractivity contribution in [3.05, 3.63) is 109 Å². The number of hydrogen-bond acceptors (Lipinski definition) is 5. The minimum absolute atomic E-state index is 0.0456. The number of nitrogens with one attached hydrogen (secondary N) is 1. The molecule has 0 fully saturated rings. The van der Waals surface area contributed by atoms with Crippen LogP contribution in [0.1, 0.15) is 174 Å². The highest BCUT2D eigenvalue weighted by molar-refractivity contribution is 7.47. The highest BCUT2D eigenvalue weighted by atomic mass is 31.2. The number of phosphoric acid groups is 1. The molecule has 0 radical (unpaired) electrons. The van der Waals surface area contributed by atoms with Crippen LogP contribution in [-0.4, -0.2) is 73.4 Å². The molecule has 63 heavy (non-hydrogen) atoms. The number of rotatable bonds is 43. The van der Waals surface area contributed by atoms with Gasteiger partial charge in [0.1, 0.15) is 13.2 Å². The Bertz CT molecular complexity index is 1390.